The van der Waals surface area contributed by atoms with Gasteiger partial charge in [0.05, 0.1) is 33.9 Å². The maximum absolute atomic E-state index is 12.8. The third-order valence-electron chi connectivity index (χ3n) is 4.21. The first-order valence-electron chi connectivity index (χ1n) is 8.09. The lowest BCUT2D eigenvalue weighted by Gasteiger charge is -2.19. The number of benzene rings is 1. The normalized spacial score (nSPS) is 16.4. The number of carboxylic acids is 1. The molecule has 1 aliphatic rings. The third kappa shape index (κ3) is 3.81. The van der Waals surface area contributed by atoms with Gasteiger partial charge in [0.25, 0.3) is 5.91 Å². The van der Waals surface area contributed by atoms with Gasteiger partial charge in [-0.05, 0) is 24.3 Å². The van der Waals surface area contributed by atoms with E-state index in [2.05, 4.69) is 0 Å². The predicted molar refractivity (Wildman–Crippen MR) is 101 cm³/mol. The molecule has 0 saturated carbocycles. The number of carboxylic acid groups (broad SMARTS) is 1. The van der Waals surface area contributed by atoms with Crippen LogP contribution in [0.2, 0.25) is 0 Å². The van der Waals surface area contributed by atoms with E-state index in [0.29, 0.717) is 21.9 Å². The van der Waals surface area contributed by atoms with Crippen LogP contribution in [-0.4, -0.2) is 54.8 Å². The summed E-state index contributed by atoms with van der Waals surface area (Å²) in [6, 6.07) is 7.86. The van der Waals surface area contributed by atoms with Gasteiger partial charge >= 0.3 is 16.2 Å². The second-order valence-electron chi connectivity index (χ2n) is 5.93. The van der Waals surface area contributed by atoms with E-state index in [-0.39, 0.29) is 24.5 Å². The van der Waals surface area contributed by atoms with Gasteiger partial charge in [-0.25, -0.2) is 9.10 Å². The second-order valence-corrected chi connectivity index (χ2v) is 8.95. The Morgan fingerprint density at radius 2 is 1.93 bits per heavy atom. The Morgan fingerprint density at radius 3 is 2.54 bits per heavy atom. The topological polar surface area (TPSA) is 113 Å². The smallest absolute Gasteiger partial charge is 0.345 e. The van der Waals surface area contributed by atoms with Crippen LogP contribution in [0.4, 0.5) is 0 Å². The molecule has 1 aromatic heterocycles. The molecule has 9 nitrogen and oxygen atoms in total. The molecule has 2 heterocycles. The molecule has 0 aliphatic carbocycles. The number of carbonyl (C=O) groups is 2. The monoisotopic (exact) mass is 426 g/mol. The molecule has 0 radical (unpaired) electrons. The first-order valence-corrected chi connectivity index (χ1v) is 10.3. The highest BCUT2D eigenvalue weighted by Gasteiger charge is 2.42. The van der Waals surface area contributed by atoms with Crippen molar-refractivity contribution in [2.24, 2.45) is 0 Å². The van der Waals surface area contributed by atoms with Crippen LogP contribution >= 0.6 is 11.3 Å². The van der Waals surface area contributed by atoms with Crippen LogP contribution in [0.5, 0.6) is 11.5 Å². The minimum atomic E-state index is -4.04. The summed E-state index contributed by atoms with van der Waals surface area (Å²) in [6.07, 6.45) is 0. The molecule has 0 spiro atoms. The Kier molecular flexibility index (Phi) is 5.59. The van der Waals surface area contributed by atoms with Crippen molar-refractivity contribution in [1.82, 2.24) is 8.61 Å². The highest BCUT2D eigenvalue weighted by molar-refractivity contribution is 7.87. The Labute approximate surface area is 165 Å². The average molecular weight is 426 g/mol. The van der Waals surface area contributed by atoms with Gasteiger partial charge in [-0.3, -0.25) is 4.79 Å². The van der Waals surface area contributed by atoms with Crippen LogP contribution in [0.3, 0.4) is 0 Å². The lowest BCUT2D eigenvalue weighted by molar-refractivity contribution is -0.125. The molecule has 1 aliphatic heterocycles. The molecule has 3 rings (SSSR count). The lowest BCUT2D eigenvalue weighted by Crippen LogP contribution is -2.33. The van der Waals surface area contributed by atoms with Crippen molar-refractivity contribution in [3.05, 3.63) is 45.6 Å². The van der Waals surface area contributed by atoms with Gasteiger partial charge in [-0.2, -0.15) is 12.7 Å². The Bertz CT molecular complexity index is 1020. The largest absolute Gasteiger partial charge is 0.497 e. The molecule has 11 heteroatoms. The average Bonchev–Trinajstić information content (AvgIpc) is 3.21. The fourth-order valence-corrected chi connectivity index (χ4v) is 5.19. The van der Waals surface area contributed by atoms with Gasteiger partial charge in [0.15, 0.2) is 0 Å². The first-order chi connectivity index (χ1) is 13.3. The predicted octanol–water partition coefficient (Wildman–Crippen LogP) is 1.55. The van der Waals surface area contributed by atoms with Crippen LogP contribution < -0.4 is 9.47 Å². The molecule has 0 atom stereocenters. The van der Waals surface area contributed by atoms with Crippen LogP contribution in [0.25, 0.3) is 0 Å². The standard InChI is InChI=1S/C17H18N2O7S2/c1-25-12-4-3-11(14(7-12)26-2)8-19-16(20)10-18(28(19,23)24)9-13-5-6-15(27-13)17(21)22/h3-7H,8-10H2,1-2H3,(H,21,22). The SMILES string of the molecule is COc1ccc(CN2C(=O)CN(Cc3ccc(C(=O)O)s3)S2(=O)=O)c(OC)c1. The molecule has 1 N–H and O–H groups in total. The van der Waals surface area contributed by atoms with Crippen molar-refractivity contribution >= 4 is 33.4 Å². The van der Waals surface area contributed by atoms with Gasteiger partial charge < -0.3 is 14.6 Å². The fourth-order valence-electron chi connectivity index (χ4n) is 2.78. The number of rotatable bonds is 7. The van der Waals surface area contributed by atoms with Gasteiger partial charge in [0.2, 0.25) is 0 Å². The summed E-state index contributed by atoms with van der Waals surface area (Å²) in [6.45, 7) is -0.543. The highest BCUT2D eigenvalue weighted by Crippen LogP contribution is 2.30. The molecular weight excluding hydrogens is 408 g/mol. The third-order valence-corrected chi connectivity index (χ3v) is 7.07. The quantitative estimate of drug-likeness (QED) is 0.715. The van der Waals surface area contributed by atoms with E-state index in [0.717, 1.165) is 19.9 Å². The number of hydrogen-bond acceptors (Lipinski definition) is 7. The maximum Gasteiger partial charge on any atom is 0.345 e. The molecule has 1 fully saturated rings. The number of nitrogens with zero attached hydrogens (tertiary/aromatic N) is 2. The Hall–Kier alpha value is -2.63. The maximum atomic E-state index is 12.8. The fraction of sp³-hybridized carbons (Fsp3) is 0.294. The summed E-state index contributed by atoms with van der Waals surface area (Å²) in [7, 11) is -1.09. The van der Waals surface area contributed by atoms with Gasteiger partial charge in [0.1, 0.15) is 16.4 Å². The van der Waals surface area contributed by atoms with Gasteiger partial charge in [-0.15, -0.1) is 11.3 Å². The molecule has 0 unspecified atom stereocenters. The minimum Gasteiger partial charge on any atom is -0.497 e. The zero-order valence-corrected chi connectivity index (χ0v) is 16.7. The molecule has 0 bridgehead atoms. The number of amides is 1. The number of methoxy groups -OCH3 is 2. The summed E-state index contributed by atoms with van der Waals surface area (Å²) in [5.74, 6) is -0.687. The highest BCUT2D eigenvalue weighted by atomic mass is 32.2. The number of carbonyl (C=O) groups excluding carboxylic acids is 1. The van der Waals surface area contributed by atoms with E-state index < -0.39 is 22.1 Å². The molecule has 1 aromatic carbocycles. The first kappa shape index (κ1) is 20.1. The van der Waals surface area contributed by atoms with Crippen LogP contribution in [0.15, 0.2) is 30.3 Å². The van der Waals surface area contributed by atoms with Crippen molar-refractivity contribution < 1.29 is 32.6 Å². The van der Waals surface area contributed by atoms with Crippen LogP contribution in [0, 0.1) is 0 Å². The van der Waals surface area contributed by atoms with E-state index in [9.17, 15) is 18.0 Å². The molecule has 1 amide bonds. The molecule has 1 saturated heterocycles. The second kappa shape index (κ2) is 7.78. The minimum absolute atomic E-state index is 0.0672. The molecule has 2 aromatic rings. The van der Waals surface area contributed by atoms with Crippen molar-refractivity contribution in [1.29, 1.82) is 0 Å². The number of thiophene rings is 1. The van der Waals surface area contributed by atoms with E-state index >= 15 is 0 Å². The van der Waals surface area contributed by atoms with Crippen molar-refractivity contribution in [3.8, 4) is 11.5 Å². The van der Waals surface area contributed by atoms with Crippen molar-refractivity contribution in [2.75, 3.05) is 20.8 Å². The van der Waals surface area contributed by atoms with Gasteiger partial charge in [0, 0.05) is 16.5 Å². The Morgan fingerprint density at radius 1 is 1.18 bits per heavy atom. The van der Waals surface area contributed by atoms with E-state index in [1.807, 2.05) is 0 Å². The van der Waals surface area contributed by atoms with Crippen LogP contribution in [-0.2, 0) is 28.1 Å². The summed E-state index contributed by atoms with van der Waals surface area (Å²) in [5.41, 5.74) is 0.520. The van der Waals surface area contributed by atoms with Crippen LogP contribution in [0.1, 0.15) is 20.1 Å². The summed E-state index contributed by atoms with van der Waals surface area (Å²) in [4.78, 5) is 24.0. The summed E-state index contributed by atoms with van der Waals surface area (Å²) < 4.78 is 37.9. The van der Waals surface area contributed by atoms with E-state index in [1.54, 1.807) is 24.3 Å². The molecular formula is C17H18N2O7S2. The van der Waals surface area contributed by atoms with E-state index in [4.69, 9.17) is 14.6 Å². The summed E-state index contributed by atoms with van der Waals surface area (Å²) in [5, 5.41) is 8.99. The molecule has 150 valence electrons. The van der Waals surface area contributed by atoms with Gasteiger partial charge in [-0.1, -0.05) is 0 Å². The molecule has 28 heavy (non-hydrogen) atoms. The lowest BCUT2D eigenvalue weighted by atomic mass is 10.2. The van der Waals surface area contributed by atoms with Crippen molar-refractivity contribution in [3.63, 3.8) is 0 Å². The number of ether oxygens (including phenoxy) is 2. The van der Waals surface area contributed by atoms with Crippen molar-refractivity contribution in [2.45, 2.75) is 13.1 Å². The zero-order valence-electron chi connectivity index (χ0n) is 15.1. The summed E-state index contributed by atoms with van der Waals surface area (Å²) >= 11 is 0.976. The number of aromatic carboxylic acids is 1. The Balaban J connectivity index is 1.81. The zero-order chi connectivity index (χ0) is 20.5. The van der Waals surface area contributed by atoms with E-state index in [1.165, 1.54) is 20.3 Å². The number of hydrogen-bond donors (Lipinski definition) is 1.